The van der Waals surface area contributed by atoms with Crippen molar-refractivity contribution in [2.45, 2.75) is 22.6 Å². The zero-order chi connectivity index (χ0) is 27.2. The van der Waals surface area contributed by atoms with E-state index < -0.39 is 49.9 Å². The Bertz CT molecular complexity index is 1480. The van der Waals surface area contributed by atoms with Crippen LogP contribution in [0.1, 0.15) is 18.0 Å². The van der Waals surface area contributed by atoms with E-state index in [1.165, 1.54) is 35.3 Å². The number of furan rings is 1. The molecule has 2 aromatic heterocycles. The minimum absolute atomic E-state index is 0. The molecular formula is C18H18N9NaO8S3. The van der Waals surface area contributed by atoms with Gasteiger partial charge in [0.2, 0.25) is 5.71 Å². The molecule has 3 aliphatic heterocycles. The molecule has 202 valence electrons. The molecule has 21 heteroatoms. The number of fused-ring (bicyclic) bond motifs is 2. The van der Waals surface area contributed by atoms with Gasteiger partial charge < -0.3 is 24.5 Å². The van der Waals surface area contributed by atoms with E-state index in [0.717, 1.165) is 16.8 Å². The van der Waals surface area contributed by atoms with Crippen LogP contribution in [0.4, 0.5) is 0 Å². The number of nitrogens with zero attached hydrogens (tertiary/aromatic N) is 6. The van der Waals surface area contributed by atoms with Crippen molar-refractivity contribution in [2.75, 3.05) is 19.4 Å². The average Bonchev–Trinajstić information content (AvgIpc) is 3.52. The van der Waals surface area contributed by atoms with E-state index in [1.54, 1.807) is 6.07 Å². The van der Waals surface area contributed by atoms with E-state index in [4.69, 9.17) is 14.4 Å². The second kappa shape index (κ2) is 11.2. The number of nitrogens with two attached hydrogens (primary N) is 1. The smallest absolute Gasteiger partial charge is 0.543 e. The van der Waals surface area contributed by atoms with Gasteiger partial charge in [0.1, 0.15) is 23.3 Å². The number of carbonyl (C=O) groups excluding carboxylic acids is 3. The number of aromatic nitrogens is 4. The Kier molecular flexibility index (Phi) is 8.47. The molecule has 17 nitrogen and oxygen atoms in total. The number of aliphatic carboxylic acids is 1. The summed E-state index contributed by atoms with van der Waals surface area (Å²) < 4.78 is 30.3. The molecule has 3 aliphatic rings. The van der Waals surface area contributed by atoms with Crippen LogP contribution in [0.2, 0.25) is 0 Å². The minimum Gasteiger partial charge on any atom is -0.543 e. The van der Waals surface area contributed by atoms with Gasteiger partial charge in [-0.2, -0.15) is 12.5 Å². The molecule has 3 atom stereocenters. The summed E-state index contributed by atoms with van der Waals surface area (Å²) in [6.45, 7) is -0.155. The number of nitrogens with one attached hydrogen (secondary N) is 2. The molecule has 2 unspecified atom stereocenters. The van der Waals surface area contributed by atoms with Crippen LogP contribution in [0.25, 0.3) is 0 Å². The topological polar surface area (TPSA) is 240 Å². The van der Waals surface area contributed by atoms with Crippen molar-refractivity contribution < 1.29 is 66.7 Å². The van der Waals surface area contributed by atoms with Crippen molar-refractivity contribution in [3.63, 3.8) is 0 Å². The Morgan fingerprint density at radius 3 is 2.82 bits per heavy atom. The fourth-order valence-electron chi connectivity index (χ4n) is 4.32. The molecule has 2 amide bonds. The number of hydrogen-bond acceptors (Lipinski definition) is 14. The van der Waals surface area contributed by atoms with Gasteiger partial charge in [-0.15, -0.1) is 16.9 Å². The van der Waals surface area contributed by atoms with Gasteiger partial charge in [-0.1, -0.05) is 5.16 Å². The third-order valence-electron chi connectivity index (χ3n) is 5.91. The molecule has 0 radical (unpaired) electrons. The SMILES string of the molecule is CO/N=C(\C(=O)NC1C(=O)N2C(C(=O)[O-])=C(C3(CCNS(N)(=O)=O)Sn4nnnc43)CS[C@@H]12)c1ccco1.[Na+]. The first-order valence-corrected chi connectivity index (χ1v) is 14.1. The Balaban J connectivity index is 0.00000353. The largest absolute Gasteiger partial charge is 1.00 e. The predicted molar refractivity (Wildman–Crippen MR) is 128 cm³/mol. The summed E-state index contributed by atoms with van der Waals surface area (Å²) >= 11 is 2.28. The maximum atomic E-state index is 13.2. The first-order chi connectivity index (χ1) is 18.1. The molecule has 0 bridgehead atoms. The van der Waals surface area contributed by atoms with Crippen molar-refractivity contribution in [1.82, 2.24) is 34.6 Å². The second-order valence-electron chi connectivity index (χ2n) is 8.06. The molecule has 5 heterocycles. The Morgan fingerprint density at radius 1 is 1.44 bits per heavy atom. The molecule has 39 heavy (non-hydrogen) atoms. The van der Waals surface area contributed by atoms with E-state index in [2.05, 4.69) is 30.7 Å². The summed E-state index contributed by atoms with van der Waals surface area (Å²) in [5.41, 5.74) is -0.337. The van der Waals surface area contributed by atoms with Crippen molar-refractivity contribution in [3.8, 4) is 0 Å². The standard InChI is InChI=1S/C18H19N9O8S3.Na/c1-34-23-10(9-3-2-6-35-9)13(28)21-11-14(29)26-12(16(30)31)8(7-36-15(11)26)18(4-5-20-38(19,32)33)17-22-24-25-27(17)37-18;/h2-3,6,11,15,20H,4-5,7H2,1H3,(H,21,28)(H,30,31)(H2,19,32,33);/q;+1/p-1/b23-10-;/t11?,15-,18?;/m0./s1. The van der Waals surface area contributed by atoms with Crippen LogP contribution in [0.5, 0.6) is 0 Å². The molecule has 4 N–H and O–H groups in total. The third-order valence-corrected chi connectivity index (χ3v) is 9.16. The molecule has 0 aliphatic carbocycles. The first-order valence-electron chi connectivity index (χ1n) is 10.7. The van der Waals surface area contributed by atoms with Crippen LogP contribution in [0, 0.1) is 0 Å². The van der Waals surface area contributed by atoms with Crippen molar-refractivity contribution >= 4 is 57.4 Å². The van der Waals surface area contributed by atoms with Crippen LogP contribution < -0.4 is 49.8 Å². The van der Waals surface area contributed by atoms with E-state index in [-0.39, 0.29) is 71.1 Å². The summed E-state index contributed by atoms with van der Waals surface area (Å²) in [5, 5.41) is 34.2. The summed E-state index contributed by atoms with van der Waals surface area (Å²) in [6.07, 6.45) is 1.37. The number of oxime groups is 1. The van der Waals surface area contributed by atoms with Gasteiger partial charge in [0.15, 0.2) is 11.6 Å². The number of β-lactam (4-membered cyclic amide) rings is 1. The van der Waals surface area contributed by atoms with Crippen LogP contribution >= 0.6 is 23.7 Å². The van der Waals surface area contributed by atoms with E-state index in [1.807, 2.05) is 0 Å². The van der Waals surface area contributed by atoms with E-state index in [9.17, 15) is 27.9 Å². The molecule has 0 aromatic carbocycles. The normalized spacial score (nSPS) is 24.1. The molecule has 0 spiro atoms. The van der Waals surface area contributed by atoms with Crippen LogP contribution in [-0.2, 0) is 34.2 Å². The minimum atomic E-state index is -4.02. The predicted octanol–water partition coefficient (Wildman–Crippen LogP) is -6.39. The third kappa shape index (κ3) is 5.22. The number of carboxylic acids is 1. The first kappa shape index (κ1) is 29.5. The Labute approximate surface area is 250 Å². The fraction of sp³-hybridized carbons (Fsp3) is 0.389. The van der Waals surface area contributed by atoms with Gasteiger partial charge in [-0.05, 0) is 46.5 Å². The quantitative estimate of drug-likeness (QED) is 0.0986. The van der Waals surface area contributed by atoms with Gasteiger partial charge in [-0.3, -0.25) is 14.5 Å². The van der Waals surface area contributed by atoms with Gasteiger partial charge in [0.05, 0.1) is 17.9 Å². The Morgan fingerprint density at radius 2 is 2.21 bits per heavy atom. The van der Waals surface area contributed by atoms with Gasteiger partial charge in [0, 0.05) is 12.3 Å². The second-order valence-corrected chi connectivity index (χ2v) is 11.8. The monoisotopic (exact) mass is 607 g/mol. The van der Waals surface area contributed by atoms with Crippen LogP contribution in [-0.4, -0.2) is 87.2 Å². The molecule has 0 saturated carbocycles. The fourth-order valence-corrected chi connectivity index (χ4v) is 7.45. The van der Waals surface area contributed by atoms with Gasteiger partial charge in [0.25, 0.3) is 22.0 Å². The van der Waals surface area contributed by atoms with Crippen molar-refractivity contribution in [1.29, 1.82) is 0 Å². The summed E-state index contributed by atoms with van der Waals surface area (Å²) in [4.78, 5) is 44.1. The van der Waals surface area contributed by atoms with Gasteiger partial charge >= 0.3 is 29.6 Å². The summed E-state index contributed by atoms with van der Waals surface area (Å²) in [5.74, 6) is -2.59. The molecule has 2 aromatic rings. The maximum absolute atomic E-state index is 13.2. The zero-order valence-corrected chi connectivity index (χ0v) is 24.7. The molecule has 1 fully saturated rings. The number of tetrazole rings is 1. The number of carbonyl (C=O) groups is 3. The van der Waals surface area contributed by atoms with Gasteiger partial charge in [-0.25, -0.2) is 9.86 Å². The number of thioether (sulfide) groups is 1. The summed E-state index contributed by atoms with van der Waals surface area (Å²) in [6, 6.07) is 1.96. The van der Waals surface area contributed by atoms with Crippen LogP contribution in [0.15, 0.2) is 39.2 Å². The van der Waals surface area contributed by atoms with Crippen molar-refractivity contribution in [3.05, 3.63) is 41.3 Å². The van der Waals surface area contributed by atoms with Crippen LogP contribution in [0.3, 0.4) is 0 Å². The number of hydrogen-bond donors (Lipinski definition) is 3. The molecule has 5 rings (SSSR count). The number of carboxylic acid groups (broad SMARTS) is 1. The maximum Gasteiger partial charge on any atom is 1.00 e. The number of rotatable bonds is 10. The molecule has 1 saturated heterocycles. The number of amides is 2. The summed E-state index contributed by atoms with van der Waals surface area (Å²) in [7, 11) is -2.78. The Hall–Kier alpha value is -2.46. The van der Waals surface area contributed by atoms with E-state index >= 15 is 0 Å². The average molecular weight is 608 g/mol. The zero-order valence-electron chi connectivity index (χ0n) is 20.3. The van der Waals surface area contributed by atoms with E-state index in [0.29, 0.717) is 0 Å². The van der Waals surface area contributed by atoms with Crippen molar-refractivity contribution in [2.24, 2.45) is 10.3 Å². The molecular weight excluding hydrogens is 589 g/mol.